The molecule has 0 bridgehead atoms. The Labute approximate surface area is 217 Å². The summed E-state index contributed by atoms with van der Waals surface area (Å²) in [5.74, 6) is 0.245. The molecule has 6 nitrogen and oxygen atoms in total. The quantitative estimate of drug-likeness (QED) is 0.273. The third-order valence-corrected chi connectivity index (χ3v) is 3.01. The molecular weight excluding hydrogens is 571 g/mol. The predicted molar refractivity (Wildman–Crippen MR) is 115 cm³/mol. The second-order valence-corrected chi connectivity index (χ2v) is 6.04. The molecule has 9 heteroatoms. The topological polar surface area (TPSA) is 84.6 Å². The van der Waals surface area contributed by atoms with Crippen molar-refractivity contribution in [3.63, 3.8) is 0 Å². The number of ketones is 2. The Hall–Kier alpha value is -1.55. The van der Waals surface area contributed by atoms with Crippen LogP contribution in [0.25, 0.3) is 0 Å². The first-order valence-electron chi connectivity index (χ1n) is 9.10. The van der Waals surface area contributed by atoms with E-state index < -0.39 is 0 Å². The number of Topliss-reactive ketones (excluding diaryl/α,β-unsaturated/α-hetero) is 2. The van der Waals surface area contributed by atoms with Gasteiger partial charge in [-0.15, -0.1) is 0 Å². The summed E-state index contributed by atoms with van der Waals surface area (Å²) >= 11 is 0. The van der Waals surface area contributed by atoms with E-state index >= 15 is 0 Å². The molecule has 0 aliphatic heterocycles. The number of hydrogen-bond acceptors (Lipinski definition) is 6. The largest absolute Gasteiger partial charge is 2.00 e. The van der Waals surface area contributed by atoms with Crippen LogP contribution in [0.15, 0.2) is 71.2 Å². The third-order valence-electron chi connectivity index (χ3n) is 3.01. The van der Waals surface area contributed by atoms with Crippen LogP contribution in [0, 0.1) is 0 Å². The maximum absolute atomic E-state index is 10.8. The maximum Gasteiger partial charge on any atom is 2.00 e. The molecule has 2 heterocycles. The van der Waals surface area contributed by atoms with Gasteiger partial charge in [0, 0.05) is 49.1 Å². The molecule has 0 N–H and O–H groups in total. The first kappa shape index (κ1) is 36.8. The van der Waals surface area contributed by atoms with E-state index in [2.05, 4.69) is 20.0 Å². The van der Waals surface area contributed by atoms with Crippen molar-refractivity contribution in [2.24, 2.45) is 9.98 Å². The van der Waals surface area contributed by atoms with Crippen molar-refractivity contribution < 1.29 is 60.3 Å². The zero-order valence-electron chi connectivity index (χ0n) is 18.3. The van der Waals surface area contributed by atoms with Gasteiger partial charge in [-0.3, -0.25) is 29.5 Å². The molecule has 0 aromatic carbocycles. The smallest absolute Gasteiger partial charge is 1.00 e. The van der Waals surface area contributed by atoms with Gasteiger partial charge >= 0.3 is 16.8 Å². The van der Waals surface area contributed by atoms with E-state index in [9.17, 15) is 9.59 Å². The monoisotopic (exact) mass is 599 g/mol. The minimum atomic E-state index is 0. The van der Waals surface area contributed by atoms with Gasteiger partial charge in [-0.25, -0.2) is 0 Å². The van der Waals surface area contributed by atoms with Gasteiger partial charge in [0.25, 0.3) is 0 Å². The normalized spacial score (nSPS) is 9.68. The van der Waals surface area contributed by atoms with Crippen LogP contribution in [0.5, 0.6) is 0 Å². The van der Waals surface area contributed by atoms with Gasteiger partial charge in [0.2, 0.25) is 0 Å². The number of carbonyl (C=O) groups is 2. The molecule has 1 radical (unpaired) electrons. The van der Waals surface area contributed by atoms with E-state index in [1.54, 1.807) is 38.6 Å². The van der Waals surface area contributed by atoms with E-state index in [0.717, 1.165) is 11.4 Å². The fourth-order valence-electron chi connectivity index (χ4n) is 1.94. The van der Waals surface area contributed by atoms with E-state index in [1.807, 2.05) is 50.2 Å². The summed E-state index contributed by atoms with van der Waals surface area (Å²) in [5.41, 5.74) is 1.68. The number of aliphatic imine (C=N–C) groups is 2. The van der Waals surface area contributed by atoms with E-state index in [4.69, 9.17) is 0 Å². The fourth-order valence-corrected chi connectivity index (χ4v) is 1.94. The number of hydrogen-bond donors (Lipinski definition) is 0. The molecule has 0 aliphatic carbocycles. The molecule has 2 aromatic rings. The van der Waals surface area contributed by atoms with Crippen LogP contribution >= 0.6 is 0 Å². The Balaban J connectivity index is -0.000000200. The minimum absolute atomic E-state index is 0. The summed E-state index contributed by atoms with van der Waals surface area (Å²) in [4.78, 5) is 37.5. The fraction of sp³-hybridized carbons (Fsp3) is 0.364. The number of aromatic nitrogens is 2. The van der Waals surface area contributed by atoms with Crippen molar-refractivity contribution in [2.75, 3.05) is 13.1 Å². The van der Waals surface area contributed by atoms with Crippen LogP contribution in [-0.4, -0.2) is 46.0 Å². The second kappa shape index (κ2) is 26.5. The van der Waals surface area contributed by atoms with Crippen molar-refractivity contribution in [2.45, 2.75) is 40.5 Å². The molecule has 173 valence electrons. The Morgan fingerprint density at radius 3 is 1.06 bits per heavy atom. The van der Waals surface area contributed by atoms with Gasteiger partial charge in [-0.2, -0.15) is 0 Å². The number of nitrogens with zero attached hydrogens (tertiary/aromatic N) is 4. The predicted octanol–water partition coefficient (Wildman–Crippen LogP) is -1.96. The van der Waals surface area contributed by atoms with Gasteiger partial charge in [-0.05, 0) is 52.0 Å². The standard InChI is InChI=1S/C12H20N2O2.2C5H5N.2BrH.Co/c1-9(7-11(3)15)13-5-6-14-10(2)8-12(4)16;2*1-2-4-6-5-3-1;;;/h5-8H2,1-4H3;2*1-5H;2*1H;/q;;;;;+2/p-2. The van der Waals surface area contributed by atoms with Gasteiger partial charge in [-0.1, -0.05) is 12.1 Å². The van der Waals surface area contributed by atoms with E-state index in [-0.39, 0.29) is 62.3 Å². The zero-order chi connectivity index (χ0) is 21.0. The van der Waals surface area contributed by atoms with Gasteiger partial charge in [0.15, 0.2) is 0 Å². The average Bonchev–Trinajstić information content (AvgIpc) is 2.68. The molecule has 0 saturated carbocycles. The van der Waals surface area contributed by atoms with Crippen molar-refractivity contribution in [3.05, 3.63) is 61.2 Å². The van der Waals surface area contributed by atoms with Gasteiger partial charge in [0.1, 0.15) is 11.6 Å². The molecule has 2 rings (SSSR count). The van der Waals surface area contributed by atoms with Gasteiger partial charge < -0.3 is 34.0 Å². The summed E-state index contributed by atoms with van der Waals surface area (Å²) in [6.07, 6.45) is 7.83. The molecule has 31 heavy (non-hydrogen) atoms. The van der Waals surface area contributed by atoms with Crippen LogP contribution < -0.4 is 34.0 Å². The molecule has 0 unspecified atom stereocenters. The summed E-state index contributed by atoms with van der Waals surface area (Å²) in [6.45, 7) is 7.94. The van der Waals surface area contributed by atoms with Crippen molar-refractivity contribution in [1.29, 1.82) is 0 Å². The molecular formula is C22H30Br2CoN4O2. The number of rotatable bonds is 7. The second-order valence-electron chi connectivity index (χ2n) is 6.04. The SMILES string of the molecule is CC(=O)CC(C)=NCCN=C(C)CC(C)=O.[Br-].[Br-].[Co+2].c1ccncc1.c1ccncc1. The first-order valence-corrected chi connectivity index (χ1v) is 9.10. The third kappa shape index (κ3) is 30.7. The Morgan fingerprint density at radius 2 is 0.903 bits per heavy atom. The molecule has 2 aromatic heterocycles. The molecule has 0 saturated heterocycles. The Morgan fingerprint density at radius 1 is 0.613 bits per heavy atom. The summed E-state index contributed by atoms with van der Waals surface area (Å²) in [5, 5.41) is 0. The summed E-state index contributed by atoms with van der Waals surface area (Å²) in [6, 6.07) is 11.4. The first-order chi connectivity index (χ1) is 13.4. The van der Waals surface area contributed by atoms with Crippen molar-refractivity contribution >= 4 is 23.0 Å². The molecule has 0 amide bonds. The van der Waals surface area contributed by atoms with E-state index in [0.29, 0.717) is 25.9 Å². The molecule has 0 fully saturated rings. The van der Waals surface area contributed by atoms with Crippen molar-refractivity contribution in [3.8, 4) is 0 Å². The van der Waals surface area contributed by atoms with Crippen LogP contribution in [-0.2, 0) is 26.4 Å². The minimum Gasteiger partial charge on any atom is -1.00 e. The molecule has 0 atom stereocenters. The average molecular weight is 601 g/mol. The Bertz CT molecular complexity index is 614. The molecule has 0 spiro atoms. The van der Waals surface area contributed by atoms with Gasteiger partial charge in [0.05, 0.1) is 13.1 Å². The number of halogens is 2. The zero-order valence-corrected chi connectivity index (χ0v) is 22.5. The summed E-state index contributed by atoms with van der Waals surface area (Å²) < 4.78 is 0. The van der Waals surface area contributed by atoms with Crippen LogP contribution in [0.3, 0.4) is 0 Å². The summed E-state index contributed by atoms with van der Waals surface area (Å²) in [7, 11) is 0. The van der Waals surface area contributed by atoms with E-state index in [1.165, 1.54) is 0 Å². The van der Waals surface area contributed by atoms with Crippen LogP contribution in [0.4, 0.5) is 0 Å². The van der Waals surface area contributed by atoms with Crippen molar-refractivity contribution in [1.82, 2.24) is 9.97 Å². The Kier molecular flexibility index (Phi) is 31.4. The number of carbonyl (C=O) groups excluding carboxylic acids is 2. The maximum atomic E-state index is 10.8. The van der Waals surface area contributed by atoms with Crippen LogP contribution in [0.2, 0.25) is 0 Å². The number of pyridine rings is 2. The van der Waals surface area contributed by atoms with Crippen LogP contribution in [0.1, 0.15) is 40.5 Å². The molecule has 0 aliphatic rings.